The lowest BCUT2D eigenvalue weighted by molar-refractivity contribution is 0.250. The van der Waals surface area contributed by atoms with Crippen LogP contribution in [0.4, 0.5) is 10.5 Å². The molecule has 21 heavy (non-hydrogen) atoms. The molecule has 0 radical (unpaired) electrons. The van der Waals surface area contributed by atoms with E-state index in [1.54, 1.807) is 12.1 Å². The van der Waals surface area contributed by atoms with Crippen molar-refractivity contribution < 1.29 is 9.53 Å². The standard InChI is InChI=1S/C16H17ClN2O2/c17-14-9-4-5-10-15(14)19-16(20)18-11-6-12-21-13-7-2-1-3-8-13/h1-5,7-10H,6,11-12H2,(H2,18,19,20). The molecule has 4 nitrogen and oxygen atoms in total. The summed E-state index contributed by atoms with van der Waals surface area (Å²) < 4.78 is 5.53. The molecule has 5 heteroatoms. The number of para-hydroxylation sites is 2. The highest BCUT2D eigenvalue weighted by molar-refractivity contribution is 6.33. The Morgan fingerprint density at radius 3 is 2.52 bits per heavy atom. The van der Waals surface area contributed by atoms with Gasteiger partial charge in [0.1, 0.15) is 5.75 Å². The smallest absolute Gasteiger partial charge is 0.319 e. The molecule has 0 aliphatic heterocycles. The van der Waals surface area contributed by atoms with E-state index in [1.807, 2.05) is 42.5 Å². The molecule has 0 aromatic heterocycles. The fourth-order valence-electron chi connectivity index (χ4n) is 1.71. The van der Waals surface area contributed by atoms with Crippen LogP contribution in [0.1, 0.15) is 6.42 Å². The number of carbonyl (C=O) groups excluding carboxylic acids is 1. The van der Waals surface area contributed by atoms with Crippen molar-refractivity contribution in [3.05, 3.63) is 59.6 Å². The molecule has 2 aromatic rings. The number of hydrogen-bond acceptors (Lipinski definition) is 2. The van der Waals surface area contributed by atoms with E-state index in [0.717, 1.165) is 12.2 Å². The van der Waals surface area contributed by atoms with Crippen LogP contribution in [-0.4, -0.2) is 19.2 Å². The van der Waals surface area contributed by atoms with Crippen molar-refractivity contribution in [2.45, 2.75) is 6.42 Å². The molecular weight excluding hydrogens is 288 g/mol. The Bertz CT molecular complexity index is 575. The highest BCUT2D eigenvalue weighted by Gasteiger charge is 2.03. The molecule has 2 aromatic carbocycles. The minimum absolute atomic E-state index is 0.275. The Labute approximate surface area is 129 Å². The number of hydrogen-bond donors (Lipinski definition) is 2. The summed E-state index contributed by atoms with van der Waals surface area (Å²) in [5.74, 6) is 0.831. The first-order valence-corrected chi connectivity index (χ1v) is 7.11. The monoisotopic (exact) mass is 304 g/mol. The van der Waals surface area contributed by atoms with E-state index in [0.29, 0.717) is 23.9 Å². The van der Waals surface area contributed by atoms with Crippen molar-refractivity contribution in [2.75, 3.05) is 18.5 Å². The van der Waals surface area contributed by atoms with E-state index in [1.165, 1.54) is 0 Å². The fourth-order valence-corrected chi connectivity index (χ4v) is 1.89. The molecule has 0 heterocycles. The minimum Gasteiger partial charge on any atom is -0.494 e. The van der Waals surface area contributed by atoms with Crippen LogP contribution < -0.4 is 15.4 Å². The predicted molar refractivity (Wildman–Crippen MR) is 85.0 cm³/mol. The number of rotatable bonds is 6. The van der Waals surface area contributed by atoms with Crippen molar-refractivity contribution in [3.8, 4) is 5.75 Å². The summed E-state index contributed by atoms with van der Waals surface area (Å²) in [5, 5.41) is 5.97. The topological polar surface area (TPSA) is 50.4 Å². The number of nitrogens with one attached hydrogen (secondary N) is 2. The lowest BCUT2D eigenvalue weighted by Crippen LogP contribution is -2.30. The fraction of sp³-hybridized carbons (Fsp3) is 0.188. The Kier molecular flexibility index (Phi) is 5.91. The molecule has 0 aliphatic carbocycles. The molecule has 2 amide bonds. The summed E-state index contributed by atoms with van der Waals surface area (Å²) in [7, 11) is 0. The summed E-state index contributed by atoms with van der Waals surface area (Å²) in [6.45, 7) is 1.08. The molecule has 2 rings (SSSR count). The summed E-state index contributed by atoms with van der Waals surface area (Å²) >= 11 is 5.96. The van der Waals surface area contributed by atoms with E-state index >= 15 is 0 Å². The maximum absolute atomic E-state index is 11.7. The van der Waals surface area contributed by atoms with E-state index in [2.05, 4.69) is 10.6 Å². The third-order valence-electron chi connectivity index (χ3n) is 2.74. The number of urea groups is 1. The molecule has 0 saturated heterocycles. The summed E-state index contributed by atoms with van der Waals surface area (Å²) in [5.41, 5.74) is 0.595. The molecule has 110 valence electrons. The number of halogens is 1. The van der Waals surface area contributed by atoms with Crippen LogP contribution in [0, 0.1) is 0 Å². The molecule has 0 spiro atoms. The van der Waals surface area contributed by atoms with E-state index in [-0.39, 0.29) is 6.03 Å². The van der Waals surface area contributed by atoms with Gasteiger partial charge in [-0.05, 0) is 30.7 Å². The zero-order valence-corrected chi connectivity index (χ0v) is 12.3. The van der Waals surface area contributed by atoms with Gasteiger partial charge in [-0.2, -0.15) is 0 Å². The third kappa shape index (κ3) is 5.36. The average Bonchev–Trinajstić information content (AvgIpc) is 2.50. The second kappa shape index (κ2) is 8.17. The molecule has 0 bridgehead atoms. The van der Waals surface area contributed by atoms with Gasteiger partial charge in [-0.25, -0.2) is 4.79 Å². The van der Waals surface area contributed by atoms with Gasteiger partial charge < -0.3 is 15.4 Å². The van der Waals surface area contributed by atoms with Gasteiger partial charge in [-0.3, -0.25) is 0 Å². The van der Waals surface area contributed by atoms with Gasteiger partial charge in [0.15, 0.2) is 0 Å². The molecular formula is C16H17ClN2O2. The minimum atomic E-state index is -0.275. The second-order valence-corrected chi connectivity index (χ2v) is 4.78. The summed E-state index contributed by atoms with van der Waals surface area (Å²) in [4.78, 5) is 11.7. The second-order valence-electron chi connectivity index (χ2n) is 4.38. The van der Waals surface area contributed by atoms with Gasteiger partial charge in [-0.15, -0.1) is 0 Å². The summed E-state index contributed by atoms with van der Waals surface area (Å²) in [6, 6.07) is 16.4. The quantitative estimate of drug-likeness (QED) is 0.794. The third-order valence-corrected chi connectivity index (χ3v) is 3.07. The summed E-state index contributed by atoms with van der Waals surface area (Å²) in [6.07, 6.45) is 0.727. The van der Waals surface area contributed by atoms with Gasteiger partial charge in [-0.1, -0.05) is 41.9 Å². The number of anilines is 1. The Morgan fingerprint density at radius 1 is 1.05 bits per heavy atom. The van der Waals surface area contributed by atoms with Crippen LogP contribution in [0.2, 0.25) is 5.02 Å². The normalized spacial score (nSPS) is 9.95. The van der Waals surface area contributed by atoms with E-state index in [9.17, 15) is 4.79 Å². The zero-order valence-electron chi connectivity index (χ0n) is 11.5. The maximum Gasteiger partial charge on any atom is 0.319 e. The van der Waals surface area contributed by atoms with Gasteiger partial charge in [0.05, 0.1) is 17.3 Å². The Hall–Kier alpha value is -2.20. The van der Waals surface area contributed by atoms with Crippen LogP contribution in [0.3, 0.4) is 0 Å². The molecule has 0 atom stereocenters. The molecule has 0 saturated carbocycles. The highest BCUT2D eigenvalue weighted by atomic mass is 35.5. The first kappa shape index (κ1) is 15.2. The van der Waals surface area contributed by atoms with Crippen molar-refractivity contribution in [3.63, 3.8) is 0 Å². The first-order chi connectivity index (χ1) is 10.3. The van der Waals surface area contributed by atoms with Gasteiger partial charge in [0.25, 0.3) is 0 Å². The Morgan fingerprint density at radius 2 is 1.76 bits per heavy atom. The molecule has 0 fully saturated rings. The number of benzene rings is 2. The van der Waals surface area contributed by atoms with Crippen LogP contribution in [-0.2, 0) is 0 Å². The van der Waals surface area contributed by atoms with Crippen LogP contribution in [0.25, 0.3) is 0 Å². The van der Waals surface area contributed by atoms with E-state index < -0.39 is 0 Å². The van der Waals surface area contributed by atoms with Crippen molar-refractivity contribution in [1.82, 2.24) is 5.32 Å². The number of ether oxygens (including phenoxy) is 1. The van der Waals surface area contributed by atoms with Crippen LogP contribution in [0.15, 0.2) is 54.6 Å². The Balaban J connectivity index is 1.63. The number of amides is 2. The molecule has 0 unspecified atom stereocenters. The van der Waals surface area contributed by atoms with Crippen molar-refractivity contribution >= 4 is 23.3 Å². The first-order valence-electron chi connectivity index (χ1n) is 6.73. The molecule has 0 aliphatic rings. The van der Waals surface area contributed by atoms with Crippen molar-refractivity contribution in [1.29, 1.82) is 0 Å². The van der Waals surface area contributed by atoms with Gasteiger partial charge >= 0.3 is 6.03 Å². The van der Waals surface area contributed by atoms with Crippen LogP contribution >= 0.6 is 11.6 Å². The predicted octanol–water partition coefficient (Wildman–Crippen LogP) is 3.93. The lowest BCUT2D eigenvalue weighted by atomic mass is 10.3. The van der Waals surface area contributed by atoms with Crippen LogP contribution in [0.5, 0.6) is 5.75 Å². The highest BCUT2D eigenvalue weighted by Crippen LogP contribution is 2.19. The average molecular weight is 305 g/mol. The van der Waals surface area contributed by atoms with Gasteiger partial charge in [0, 0.05) is 6.54 Å². The number of carbonyl (C=O) groups is 1. The SMILES string of the molecule is O=C(NCCCOc1ccccc1)Nc1ccccc1Cl. The largest absolute Gasteiger partial charge is 0.494 e. The van der Waals surface area contributed by atoms with E-state index in [4.69, 9.17) is 16.3 Å². The maximum atomic E-state index is 11.7. The van der Waals surface area contributed by atoms with Gasteiger partial charge in [0.2, 0.25) is 0 Å². The zero-order chi connectivity index (χ0) is 14.9. The molecule has 2 N–H and O–H groups in total. The van der Waals surface area contributed by atoms with Crippen molar-refractivity contribution in [2.24, 2.45) is 0 Å². The lowest BCUT2D eigenvalue weighted by Gasteiger charge is -2.09.